The molecule has 1 fully saturated rings. The van der Waals surface area contributed by atoms with Crippen molar-refractivity contribution in [3.05, 3.63) is 23.3 Å². The van der Waals surface area contributed by atoms with E-state index >= 15 is 0 Å². The molecule has 25 heavy (non-hydrogen) atoms. The lowest BCUT2D eigenvalue weighted by atomic mass is 9.93. The first-order valence-electron chi connectivity index (χ1n) is 8.60. The van der Waals surface area contributed by atoms with Gasteiger partial charge < -0.3 is 10.2 Å². The molecule has 1 saturated heterocycles. The minimum Gasteiger partial charge on any atom is -0.350 e. The molecular weight excluding hydrogens is 344 g/mol. The molecule has 0 unspecified atom stereocenters. The summed E-state index contributed by atoms with van der Waals surface area (Å²) in [4.78, 5) is 18.8. The van der Waals surface area contributed by atoms with Crippen molar-refractivity contribution in [1.82, 2.24) is 10.3 Å². The Morgan fingerprint density at radius 2 is 2.08 bits per heavy atom. The molecule has 2 heterocycles. The standard InChI is InChI=1S/C18H23F2N3OS/c1-11-7-12(2)17-14(8-11)25-18(22-17)23-5-3-13(4-6-23)9-16(24)21-10-15(19)20/h7-8,13,15H,3-6,9-10H2,1-2H3,(H,21,24). The fourth-order valence-electron chi connectivity index (χ4n) is 3.35. The Bertz CT molecular complexity index is 754. The molecule has 136 valence electrons. The third-order valence-corrected chi connectivity index (χ3v) is 5.69. The number of carbonyl (C=O) groups is 1. The van der Waals surface area contributed by atoms with Crippen LogP contribution in [0.2, 0.25) is 0 Å². The topological polar surface area (TPSA) is 45.2 Å². The van der Waals surface area contributed by atoms with Crippen LogP contribution in [0.3, 0.4) is 0 Å². The zero-order valence-electron chi connectivity index (χ0n) is 14.5. The Balaban J connectivity index is 1.57. The second-order valence-corrected chi connectivity index (χ2v) is 7.76. The monoisotopic (exact) mass is 367 g/mol. The summed E-state index contributed by atoms with van der Waals surface area (Å²) in [7, 11) is 0. The van der Waals surface area contributed by atoms with Crippen LogP contribution >= 0.6 is 11.3 Å². The smallest absolute Gasteiger partial charge is 0.255 e. The maximum absolute atomic E-state index is 12.1. The number of nitrogens with one attached hydrogen (secondary N) is 1. The van der Waals surface area contributed by atoms with Gasteiger partial charge in [-0.3, -0.25) is 4.79 Å². The Morgan fingerprint density at radius 3 is 2.76 bits per heavy atom. The highest BCUT2D eigenvalue weighted by Gasteiger charge is 2.24. The lowest BCUT2D eigenvalue weighted by molar-refractivity contribution is -0.122. The number of nitrogens with zero attached hydrogens (tertiary/aromatic N) is 2. The molecule has 3 rings (SSSR count). The van der Waals surface area contributed by atoms with Gasteiger partial charge in [0, 0.05) is 19.5 Å². The molecule has 1 aliphatic rings. The lowest BCUT2D eigenvalue weighted by Crippen LogP contribution is -2.36. The third-order valence-electron chi connectivity index (χ3n) is 4.63. The number of aryl methyl sites for hydroxylation is 2. The highest BCUT2D eigenvalue weighted by atomic mass is 32.1. The highest BCUT2D eigenvalue weighted by molar-refractivity contribution is 7.22. The van der Waals surface area contributed by atoms with E-state index in [1.165, 1.54) is 15.8 Å². The number of hydrogen-bond acceptors (Lipinski definition) is 4. The zero-order valence-corrected chi connectivity index (χ0v) is 15.3. The van der Waals surface area contributed by atoms with Crippen LogP contribution < -0.4 is 10.2 Å². The van der Waals surface area contributed by atoms with E-state index in [4.69, 9.17) is 4.98 Å². The van der Waals surface area contributed by atoms with Gasteiger partial charge in [-0.05, 0) is 49.8 Å². The Hall–Kier alpha value is -1.76. The molecule has 1 aromatic carbocycles. The quantitative estimate of drug-likeness (QED) is 0.872. The van der Waals surface area contributed by atoms with E-state index in [1.54, 1.807) is 11.3 Å². The number of aromatic nitrogens is 1. The largest absolute Gasteiger partial charge is 0.350 e. The Labute approximate surface area is 150 Å². The molecule has 7 heteroatoms. The van der Waals surface area contributed by atoms with Gasteiger partial charge in [0.2, 0.25) is 5.91 Å². The summed E-state index contributed by atoms with van der Waals surface area (Å²) in [5, 5.41) is 3.32. The molecule has 0 aliphatic carbocycles. The van der Waals surface area contributed by atoms with Crippen molar-refractivity contribution in [2.75, 3.05) is 24.5 Å². The van der Waals surface area contributed by atoms with Crippen molar-refractivity contribution < 1.29 is 13.6 Å². The van der Waals surface area contributed by atoms with Crippen LogP contribution in [0.15, 0.2) is 12.1 Å². The third kappa shape index (κ3) is 4.45. The van der Waals surface area contributed by atoms with Crippen LogP contribution in [0.25, 0.3) is 10.2 Å². The molecule has 0 atom stereocenters. The van der Waals surface area contributed by atoms with Crippen LogP contribution in [-0.4, -0.2) is 37.0 Å². The van der Waals surface area contributed by atoms with Crippen LogP contribution in [0.4, 0.5) is 13.9 Å². The summed E-state index contributed by atoms with van der Waals surface area (Å²) in [6, 6.07) is 4.32. The zero-order chi connectivity index (χ0) is 18.0. The minimum atomic E-state index is -2.49. The summed E-state index contributed by atoms with van der Waals surface area (Å²) in [5.74, 6) is -0.0166. The maximum Gasteiger partial charge on any atom is 0.255 e. The predicted molar refractivity (Wildman–Crippen MR) is 97.7 cm³/mol. The Kier molecular flexibility index (Phi) is 5.51. The molecular formula is C18H23F2N3OS. The highest BCUT2D eigenvalue weighted by Crippen LogP contribution is 2.34. The molecule has 1 amide bonds. The average Bonchev–Trinajstić information content (AvgIpc) is 2.98. The van der Waals surface area contributed by atoms with Gasteiger partial charge in [-0.1, -0.05) is 17.4 Å². The average molecular weight is 367 g/mol. The lowest BCUT2D eigenvalue weighted by Gasteiger charge is -2.31. The van der Waals surface area contributed by atoms with Crippen molar-refractivity contribution in [3.8, 4) is 0 Å². The summed E-state index contributed by atoms with van der Waals surface area (Å²) in [6.45, 7) is 5.33. The van der Waals surface area contributed by atoms with Gasteiger partial charge in [-0.15, -0.1) is 0 Å². The second-order valence-electron chi connectivity index (χ2n) is 6.75. The van der Waals surface area contributed by atoms with E-state index < -0.39 is 13.0 Å². The predicted octanol–water partition coefficient (Wildman–Crippen LogP) is 3.90. The van der Waals surface area contributed by atoms with Gasteiger partial charge in [-0.2, -0.15) is 0 Å². The first kappa shape index (κ1) is 18.0. The van der Waals surface area contributed by atoms with Crippen LogP contribution in [0.5, 0.6) is 0 Å². The van der Waals surface area contributed by atoms with Crippen molar-refractivity contribution in [2.24, 2.45) is 5.92 Å². The van der Waals surface area contributed by atoms with E-state index in [9.17, 15) is 13.6 Å². The number of thiazole rings is 1. The van der Waals surface area contributed by atoms with Crippen molar-refractivity contribution in [2.45, 2.75) is 39.5 Å². The number of rotatable bonds is 5. The van der Waals surface area contributed by atoms with Crippen molar-refractivity contribution in [1.29, 1.82) is 0 Å². The molecule has 2 aromatic rings. The first-order valence-corrected chi connectivity index (χ1v) is 9.41. The van der Waals surface area contributed by atoms with Gasteiger partial charge in [0.1, 0.15) is 0 Å². The number of carbonyl (C=O) groups excluding carboxylic acids is 1. The summed E-state index contributed by atoms with van der Waals surface area (Å²) in [5.41, 5.74) is 3.51. The summed E-state index contributed by atoms with van der Waals surface area (Å²) < 4.78 is 25.5. The minimum absolute atomic E-state index is 0.257. The molecule has 1 aliphatic heterocycles. The van der Waals surface area contributed by atoms with E-state index in [0.29, 0.717) is 6.42 Å². The van der Waals surface area contributed by atoms with E-state index in [2.05, 4.69) is 36.2 Å². The fraction of sp³-hybridized carbons (Fsp3) is 0.556. The Morgan fingerprint density at radius 1 is 1.36 bits per heavy atom. The number of alkyl halides is 2. The number of benzene rings is 1. The van der Waals surface area contributed by atoms with Crippen LogP contribution in [0.1, 0.15) is 30.4 Å². The number of piperidine rings is 1. The van der Waals surface area contributed by atoms with Gasteiger partial charge in [0.25, 0.3) is 6.43 Å². The van der Waals surface area contributed by atoms with E-state index in [-0.39, 0.29) is 11.8 Å². The van der Waals surface area contributed by atoms with Gasteiger partial charge in [-0.25, -0.2) is 13.8 Å². The summed E-state index contributed by atoms with van der Waals surface area (Å²) in [6.07, 6.45) is -0.387. The van der Waals surface area contributed by atoms with Crippen molar-refractivity contribution in [3.63, 3.8) is 0 Å². The number of fused-ring (bicyclic) bond motifs is 1. The maximum atomic E-state index is 12.1. The molecule has 1 aromatic heterocycles. The van der Waals surface area contributed by atoms with E-state index in [0.717, 1.165) is 36.6 Å². The SMILES string of the molecule is Cc1cc(C)c2nc(N3CCC(CC(=O)NCC(F)F)CC3)sc2c1. The number of hydrogen-bond donors (Lipinski definition) is 1. The van der Waals surface area contributed by atoms with Gasteiger partial charge >= 0.3 is 0 Å². The number of anilines is 1. The molecule has 0 saturated carbocycles. The molecule has 0 bridgehead atoms. The van der Waals surface area contributed by atoms with Crippen molar-refractivity contribution >= 4 is 32.6 Å². The normalized spacial score (nSPS) is 16.0. The van der Waals surface area contributed by atoms with Gasteiger partial charge in [0.05, 0.1) is 16.8 Å². The second kappa shape index (κ2) is 7.64. The van der Waals surface area contributed by atoms with Crippen LogP contribution in [-0.2, 0) is 4.79 Å². The molecule has 0 spiro atoms. The number of halogens is 2. The molecule has 0 radical (unpaired) electrons. The number of amides is 1. The molecule has 4 nitrogen and oxygen atoms in total. The van der Waals surface area contributed by atoms with E-state index in [1.807, 2.05) is 0 Å². The molecule has 1 N–H and O–H groups in total. The van der Waals surface area contributed by atoms with Crippen LogP contribution in [0, 0.1) is 19.8 Å². The summed E-state index contributed by atoms with van der Waals surface area (Å²) >= 11 is 1.71. The first-order chi connectivity index (χ1) is 11.9. The fourth-order valence-corrected chi connectivity index (χ4v) is 4.54. The van der Waals surface area contributed by atoms with Gasteiger partial charge in [0.15, 0.2) is 5.13 Å².